The average molecular weight is 239 g/mol. The number of methoxy groups -OCH3 is 2. The molecule has 6 nitrogen and oxygen atoms in total. The molecule has 0 N–H and O–H groups in total. The fourth-order valence-electron chi connectivity index (χ4n) is 1.52. The van der Waals surface area contributed by atoms with Crippen LogP contribution in [0.5, 0.6) is 11.5 Å². The molecule has 1 aromatic carbocycles. The van der Waals surface area contributed by atoms with Gasteiger partial charge in [-0.2, -0.15) is 0 Å². The zero-order valence-electron chi connectivity index (χ0n) is 9.85. The Morgan fingerprint density at radius 1 is 1.35 bits per heavy atom. The summed E-state index contributed by atoms with van der Waals surface area (Å²) in [5.74, 6) is 0.231. The van der Waals surface area contributed by atoms with E-state index in [1.807, 2.05) is 0 Å². The summed E-state index contributed by atoms with van der Waals surface area (Å²) in [5.41, 5.74) is 0.324. The van der Waals surface area contributed by atoms with Gasteiger partial charge in [-0.3, -0.25) is 14.9 Å². The van der Waals surface area contributed by atoms with Gasteiger partial charge >= 0.3 is 5.69 Å². The van der Waals surface area contributed by atoms with Crippen molar-refractivity contribution in [3.05, 3.63) is 27.8 Å². The van der Waals surface area contributed by atoms with Crippen molar-refractivity contribution in [2.24, 2.45) is 0 Å². The molecule has 0 atom stereocenters. The highest BCUT2D eigenvalue weighted by Gasteiger charge is 2.21. The van der Waals surface area contributed by atoms with Crippen molar-refractivity contribution in [1.82, 2.24) is 0 Å². The average Bonchev–Trinajstić information content (AvgIpc) is 2.26. The largest absolute Gasteiger partial charge is 0.493 e. The first kappa shape index (κ1) is 13.0. The number of hydrogen-bond donors (Lipinski definition) is 0. The Labute approximate surface area is 98.3 Å². The Balaban J connectivity index is 3.34. The van der Waals surface area contributed by atoms with Crippen molar-refractivity contribution in [1.29, 1.82) is 0 Å². The molecular weight excluding hydrogens is 226 g/mol. The van der Waals surface area contributed by atoms with E-state index in [1.54, 1.807) is 6.07 Å². The van der Waals surface area contributed by atoms with Crippen LogP contribution in [0.2, 0.25) is 0 Å². The molecule has 0 aromatic heterocycles. The van der Waals surface area contributed by atoms with Crippen LogP contribution in [-0.2, 0) is 11.2 Å². The van der Waals surface area contributed by atoms with E-state index in [4.69, 9.17) is 9.47 Å². The van der Waals surface area contributed by atoms with Gasteiger partial charge in [-0.1, -0.05) is 0 Å². The molecule has 92 valence electrons. The predicted octanol–water partition coefficient (Wildman–Crippen LogP) is 1.74. The molecule has 0 spiro atoms. The summed E-state index contributed by atoms with van der Waals surface area (Å²) in [6, 6.07) is 2.88. The van der Waals surface area contributed by atoms with Gasteiger partial charge in [0.2, 0.25) is 5.75 Å². The first-order valence-electron chi connectivity index (χ1n) is 4.88. The maximum Gasteiger partial charge on any atom is 0.315 e. The van der Waals surface area contributed by atoms with E-state index in [2.05, 4.69) is 0 Å². The van der Waals surface area contributed by atoms with Gasteiger partial charge in [0.05, 0.1) is 19.1 Å². The molecule has 0 radical (unpaired) electrons. The van der Waals surface area contributed by atoms with Crippen LogP contribution in [0.3, 0.4) is 0 Å². The fraction of sp³-hybridized carbons (Fsp3) is 0.364. The van der Waals surface area contributed by atoms with Crippen LogP contribution in [0.15, 0.2) is 12.1 Å². The van der Waals surface area contributed by atoms with Crippen LogP contribution in [0, 0.1) is 10.1 Å². The van der Waals surface area contributed by atoms with Gasteiger partial charge in [0, 0.05) is 12.5 Å². The molecule has 0 saturated heterocycles. The molecule has 0 fully saturated rings. The van der Waals surface area contributed by atoms with Crippen LogP contribution in [-0.4, -0.2) is 24.9 Å². The number of Topliss-reactive ketones (excluding diaryl/α,β-unsaturated/α-hetero) is 1. The van der Waals surface area contributed by atoms with Crippen LogP contribution in [0.1, 0.15) is 12.5 Å². The molecule has 0 saturated carbocycles. The monoisotopic (exact) mass is 239 g/mol. The zero-order chi connectivity index (χ0) is 13.0. The second kappa shape index (κ2) is 5.29. The molecule has 0 bridgehead atoms. The van der Waals surface area contributed by atoms with E-state index in [-0.39, 0.29) is 29.4 Å². The molecule has 0 aliphatic rings. The third-order valence-corrected chi connectivity index (χ3v) is 2.17. The molecule has 17 heavy (non-hydrogen) atoms. The minimum absolute atomic E-state index is 0.0600. The van der Waals surface area contributed by atoms with Gasteiger partial charge < -0.3 is 9.47 Å². The first-order chi connectivity index (χ1) is 7.99. The van der Waals surface area contributed by atoms with Gasteiger partial charge in [-0.25, -0.2) is 0 Å². The van der Waals surface area contributed by atoms with Crippen molar-refractivity contribution < 1.29 is 19.2 Å². The first-order valence-corrected chi connectivity index (χ1v) is 4.88. The number of ether oxygens (including phenoxy) is 2. The highest BCUT2D eigenvalue weighted by Crippen LogP contribution is 2.38. The molecule has 1 rings (SSSR count). The summed E-state index contributed by atoms with van der Waals surface area (Å²) in [5, 5.41) is 10.9. The number of nitro benzene ring substituents is 1. The highest BCUT2D eigenvalue weighted by atomic mass is 16.6. The smallest absolute Gasteiger partial charge is 0.315 e. The number of nitro groups is 1. The van der Waals surface area contributed by atoms with Gasteiger partial charge in [-0.15, -0.1) is 0 Å². The predicted molar refractivity (Wildman–Crippen MR) is 60.6 cm³/mol. The Morgan fingerprint density at radius 2 is 2.00 bits per heavy atom. The maximum absolute atomic E-state index is 11.0. The molecule has 1 aromatic rings. The van der Waals surface area contributed by atoms with Gasteiger partial charge in [0.1, 0.15) is 5.78 Å². The summed E-state index contributed by atoms with van der Waals surface area (Å²) >= 11 is 0. The zero-order valence-corrected chi connectivity index (χ0v) is 9.85. The number of hydrogen-bond acceptors (Lipinski definition) is 5. The van der Waals surface area contributed by atoms with E-state index in [9.17, 15) is 14.9 Å². The number of benzene rings is 1. The van der Waals surface area contributed by atoms with E-state index in [1.165, 1.54) is 27.2 Å². The molecule has 0 aliphatic heterocycles. The van der Waals surface area contributed by atoms with E-state index < -0.39 is 4.92 Å². The number of carbonyl (C=O) groups is 1. The highest BCUT2D eigenvalue weighted by molar-refractivity contribution is 5.79. The van der Waals surface area contributed by atoms with Gasteiger partial charge in [-0.05, 0) is 18.6 Å². The second-order valence-corrected chi connectivity index (χ2v) is 3.49. The Bertz CT molecular complexity index is 455. The molecule has 0 unspecified atom stereocenters. The van der Waals surface area contributed by atoms with Crippen molar-refractivity contribution in [2.45, 2.75) is 13.3 Å². The van der Waals surface area contributed by atoms with Crippen molar-refractivity contribution in [2.75, 3.05) is 14.2 Å². The number of rotatable bonds is 5. The van der Waals surface area contributed by atoms with E-state index >= 15 is 0 Å². The summed E-state index contributed by atoms with van der Waals surface area (Å²) in [6.07, 6.45) is 0.126. The minimum Gasteiger partial charge on any atom is -0.493 e. The number of nitrogens with zero attached hydrogens (tertiary/aromatic N) is 1. The molecule has 0 heterocycles. The molecule has 6 heteroatoms. The minimum atomic E-state index is -0.564. The normalized spacial score (nSPS) is 9.82. The Kier molecular flexibility index (Phi) is 4.03. The lowest BCUT2D eigenvalue weighted by molar-refractivity contribution is -0.385. The van der Waals surface area contributed by atoms with E-state index in [0.29, 0.717) is 5.56 Å². The fourth-order valence-corrected chi connectivity index (χ4v) is 1.52. The quantitative estimate of drug-likeness (QED) is 0.577. The maximum atomic E-state index is 11.0. The van der Waals surface area contributed by atoms with E-state index in [0.717, 1.165) is 0 Å². The third kappa shape index (κ3) is 2.93. The molecule has 0 amide bonds. The van der Waals surface area contributed by atoms with Gasteiger partial charge in [0.15, 0.2) is 5.75 Å². The Morgan fingerprint density at radius 3 is 2.41 bits per heavy atom. The van der Waals surface area contributed by atoms with Crippen LogP contribution in [0.4, 0.5) is 5.69 Å². The van der Waals surface area contributed by atoms with Gasteiger partial charge in [0.25, 0.3) is 0 Å². The van der Waals surface area contributed by atoms with Crippen LogP contribution in [0.25, 0.3) is 0 Å². The lowest BCUT2D eigenvalue weighted by Gasteiger charge is -2.09. The summed E-state index contributed by atoms with van der Waals surface area (Å²) < 4.78 is 9.95. The van der Waals surface area contributed by atoms with Crippen molar-refractivity contribution >= 4 is 11.5 Å². The second-order valence-electron chi connectivity index (χ2n) is 3.49. The summed E-state index contributed by atoms with van der Waals surface area (Å²) in [7, 11) is 2.72. The standard InChI is InChI=1S/C11H13NO5/c1-7(13)4-8-5-9(12(14)15)11(17-3)10(6-8)16-2/h5-6H,4H2,1-3H3. The van der Waals surface area contributed by atoms with Crippen molar-refractivity contribution in [3.8, 4) is 11.5 Å². The molecule has 0 aliphatic carbocycles. The third-order valence-electron chi connectivity index (χ3n) is 2.17. The van der Waals surface area contributed by atoms with Crippen molar-refractivity contribution in [3.63, 3.8) is 0 Å². The lowest BCUT2D eigenvalue weighted by Crippen LogP contribution is -2.02. The summed E-state index contributed by atoms with van der Waals surface area (Å²) in [6.45, 7) is 1.42. The molecular formula is C11H13NO5. The summed E-state index contributed by atoms with van der Waals surface area (Å²) in [4.78, 5) is 21.3. The topological polar surface area (TPSA) is 78.7 Å². The van der Waals surface area contributed by atoms with Crippen LogP contribution < -0.4 is 9.47 Å². The number of carbonyl (C=O) groups excluding carboxylic acids is 1. The number of ketones is 1. The SMILES string of the molecule is COc1cc(CC(C)=O)cc([N+](=O)[O-])c1OC. The van der Waals surface area contributed by atoms with Crippen LogP contribution >= 0.6 is 0 Å². The Hall–Kier alpha value is -2.11. The lowest BCUT2D eigenvalue weighted by atomic mass is 10.1.